The Morgan fingerprint density at radius 1 is 1.00 bits per heavy atom. The maximum atomic E-state index is 5.97. The lowest BCUT2D eigenvalue weighted by atomic mass is 9.83. The van der Waals surface area contributed by atoms with Crippen LogP contribution in [0.4, 0.5) is 0 Å². The summed E-state index contributed by atoms with van der Waals surface area (Å²) < 4.78 is 7.30. The summed E-state index contributed by atoms with van der Waals surface area (Å²) in [5.41, 5.74) is 9.81. The standard InChI is InChI=1S/C33H32N2OS/c1-19(2)12-24-18-37-29-15-21(9-10-25(24)29)26-16-28(35-32-30(26)20(3)17-36-32)23-13-22-8-7-11-34-31(22)27(14-23)33(4,5)6/h7-11,13-19H,12H2,1-6H3. The molecule has 0 bridgehead atoms. The van der Waals surface area contributed by atoms with Crippen LogP contribution in [-0.2, 0) is 11.8 Å². The number of nitrogens with zero attached hydrogens (tertiary/aromatic N) is 2. The second-order valence-electron chi connectivity index (χ2n) is 11.6. The highest BCUT2D eigenvalue weighted by Crippen LogP contribution is 2.39. The van der Waals surface area contributed by atoms with E-state index >= 15 is 0 Å². The first-order valence-corrected chi connectivity index (χ1v) is 13.9. The number of hydrogen-bond acceptors (Lipinski definition) is 4. The Kier molecular flexibility index (Phi) is 5.68. The molecule has 0 aliphatic carbocycles. The van der Waals surface area contributed by atoms with Gasteiger partial charge in [0, 0.05) is 21.8 Å². The fourth-order valence-corrected chi connectivity index (χ4v) is 6.34. The Morgan fingerprint density at radius 2 is 1.84 bits per heavy atom. The summed E-state index contributed by atoms with van der Waals surface area (Å²) in [7, 11) is 0. The van der Waals surface area contributed by atoms with Crippen molar-refractivity contribution >= 4 is 43.4 Å². The molecule has 4 aromatic heterocycles. The van der Waals surface area contributed by atoms with Crippen LogP contribution in [0, 0.1) is 12.8 Å². The molecule has 37 heavy (non-hydrogen) atoms. The van der Waals surface area contributed by atoms with Gasteiger partial charge in [-0.1, -0.05) is 52.8 Å². The van der Waals surface area contributed by atoms with Gasteiger partial charge in [0.1, 0.15) is 0 Å². The molecule has 0 fully saturated rings. The van der Waals surface area contributed by atoms with Crippen molar-refractivity contribution in [3.8, 4) is 22.4 Å². The van der Waals surface area contributed by atoms with Gasteiger partial charge >= 0.3 is 0 Å². The Labute approximate surface area is 222 Å². The van der Waals surface area contributed by atoms with Gasteiger partial charge in [0.05, 0.1) is 22.9 Å². The summed E-state index contributed by atoms with van der Waals surface area (Å²) >= 11 is 1.84. The van der Waals surface area contributed by atoms with Crippen LogP contribution in [0.1, 0.15) is 51.3 Å². The molecule has 0 spiro atoms. The minimum Gasteiger partial charge on any atom is -0.446 e. The fourth-order valence-electron chi connectivity index (χ4n) is 5.33. The van der Waals surface area contributed by atoms with Gasteiger partial charge in [-0.2, -0.15) is 0 Å². The van der Waals surface area contributed by atoms with E-state index in [1.165, 1.54) is 26.8 Å². The summed E-state index contributed by atoms with van der Waals surface area (Å²) in [6.07, 6.45) is 4.80. The third-order valence-electron chi connectivity index (χ3n) is 7.13. The van der Waals surface area contributed by atoms with E-state index in [-0.39, 0.29) is 5.41 Å². The van der Waals surface area contributed by atoms with Gasteiger partial charge < -0.3 is 4.42 Å². The second-order valence-corrected chi connectivity index (χ2v) is 12.5. The van der Waals surface area contributed by atoms with Gasteiger partial charge in [0.15, 0.2) is 0 Å². The smallest absolute Gasteiger partial charge is 0.227 e. The zero-order valence-corrected chi connectivity index (χ0v) is 23.2. The SMILES string of the molecule is Cc1coc2nc(-c3cc(C(C)(C)C)c4ncccc4c3)cc(-c3ccc4c(CC(C)C)csc4c3)c12. The van der Waals surface area contributed by atoms with Crippen molar-refractivity contribution in [2.45, 2.75) is 53.4 Å². The van der Waals surface area contributed by atoms with Crippen LogP contribution in [-0.4, -0.2) is 9.97 Å². The topological polar surface area (TPSA) is 38.9 Å². The Bertz CT molecular complexity index is 1780. The van der Waals surface area contributed by atoms with E-state index in [0.29, 0.717) is 11.6 Å². The van der Waals surface area contributed by atoms with Crippen LogP contribution in [0.25, 0.3) is 54.5 Å². The molecule has 6 aromatic rings. The van der Waals surface area contributed by atoms with Crippen LogP contribution in [0.5, 0.6) is 0 Å². The molecular formula is C33H32N2OS. The van der Waals surface area contributed by atoms with Crippen molar-refractivity contribution in [2.75, 3.05) is 0 Å². The number of rotatable bonds is 4. The lowest BCUT2D eigenvalue weighted by Crippen LogP contribution is -2.12. The number of fused-ring (bicyclic) bond motifs is 3. The summed E-state index contributed by atoms with van der Waals surface area (Å²) in [4.78, 5) is 9.71. The Hall–Kier alpha value is -3.50. The first-order chi connectivity index (χ1) is 17.7. The molecular weight excluding hydrogens is 472 g/mol. The summed E-state index contributed by atoms with van der Waals surface area (Å²) in [6, 6.07) is 17.7. The molecule has 0 unspecified atom stereocenters. The molecule has 4 heterocycles. The predicted molar refractivity (Wildman–Crippen MR) is 158 cm³/mol. The molecule has 186 valence electrons. The molecule has 0 atom stereocenters. The van der Waals surface area contributed by atoms with Crippen molar-refractivity contribution < 1.29 is 4.42 Å². The van der Waals surface area contributed by atoms with Crippen LogP contribution >= 0.6 is 11.3 Å². The molecule has 3 nitrogen and oxygen atoms in total. The quantitative estimate of drug-likeness (QED) is 0.240. The largest absolute Gasteiger partial charge is 0.446 e. The molecule has 4 heteroatoms. The van der Waals surface area contributed by atoms with Crippen molar-refractivity contribution in [3.05, 3.63) is 83.1 Å². The van der Waals surface area contributed by atoms with E-state index in [9.17, 15) is 0 Å². The van der Waals surface area contributed by atoms with Crippen molar-refractivity contribution in [3.63, 3.8) is 0 Å². The average molecular weight is 505 g/mol. The molecule has 0 N–H and O–H groups in total. The molecule has 6 rings (SSSR count). The van der Waals surface area contributed by atoms with Gasteiger partial charge in [-0.05, 0) is 93.6 Å². The van der Waals surface area contributed by atoms with E-state index in [2.05, 4.69) is 89.4 Å². The number of benzene rings is 2. The molecule has 0 aliphatic rings. The normalized spacial score (nSPS) is 12.4. The number of aromatic nitrogens is 2. The number of thiophene rings is 1. The monoisotopic (exact) mass is 504 g/mol. The molecule has 0 saturated carbocycles. The highest BCUT2D eigenvalue weighted by Gasteiger charge is 2.21. The first kappa shape index (κ1) is 23.9. The maximum Gasteiger partial charge on any atom is 0.227 e. The zero-order valence-electron chi connectivity index (χ0n) is 22.3. The van der Waals surface area contributed by atoms with Gasteiger partial charge in [-0.15, -0.1) is 11.3 Å². The summed E-state index contributed by atoms with van der Waals surface area (Å²) in [5.74, 6) is 0.642. The van der Waals surface area contributed by atoms with E-state index in [1.807, 2.05) is 29.9 Å². The van der Waals surface area contributed by atoms with Crippen LogP contribution in [0.2, 0.25) is 0 Å². The number of aryl methyl sites for hydroxylation is 1. The van der Waals surface area contributed by atoms with Crippen molar-refractivity contribution in [2.24, 2.45) is 5.92 Å². The Morgan fingerprint density at radius 3 is 2.62 bits per heavy atom. The van der Waals surface area contributed by atoms with Gasteiger partial charge in [0.25, 0.3) is 0 Å². The number of furan rings is 1. The third kappa shape index (κ3) is 4.23. The van der Waals surface area contributed by atoms with Gasteiger partial charge in [0.2, 0.25) is 5.71 Å². The zero-order chi connectivity index (χ0) is 25.9. The number of pyridine rings is 2. The minimum absolute atomic E-state index is 0.0469. The van der Waals surface area contributed by atoms with E-state index in [4.69, 9.17) is 14.4 Å². The third-order valence-corrected chi connectivity index (χ3v) is 8.13. The maximum absolute atomic E-state index is 5.97. The average Bonchev–Trinajstić information content (AvgIpc) is 3.44. The van der Waals surface area contributed by atoms with E-state index < -0.39 is 0 Å². The van der Waals surface area contributed by atoms with Crippen LogP contribution in [0.3, 0.4) is 0 Å². The highest BCUT2D eigenvalue weighted by molar-refractivity contribution is 7.17. The second kappa shape index (κ2) is 8.81. The molecule has 0 saturated heterocycles. The molecule has 0 radical (unpaired) electrons. The first-order valence-electron chi connectivity index (χ1n) is 13.0. The molecule has 2 aromatic carbocycles. The summed E-state index contributed by atoms with van der Waals surface area (Å²) in [5, 5.41) is 5.90. The fraction of sp³-hybridized carbons (Fsp3) is 0.273. The molecule has 0 amide bonds. The van der Waals surface area contributed by atoms with E-state index in [0.717, 1.165) is 45.1 Å². The van der Waals surface area contributed by atoms with Crippen LogP contribution < -0.4 is 0 Å². The van der Waals surface area contributed by atoms with Crippen LogP contribution in [0.15, 0.2) is 70.8 Å². The van der Waals surface area contributed by atoms with Gasteiger partial charge in [-0.25, -0.2) is 4.98 Å². The lowest BCUT2D eigenvalue weighted by Gasteiger charge is -2.22. The molecule has 0 aliphatic heterocycles. The predicted octanol–water partition coefficient (Wildman–Crippen LogP) is 9.73. The summed E-state index contributed by atoms with van der Waals surface area (Å²) in [6.45, 7) is 13.4. The van der Waals surface area contributed by atoms with Gasteiger partial charge in [-0.3, -0.25) is 4.98 Å². The minimum atomic E-state index is -0.0469. The lowest BCUT2D eigenvalue weighted by molar-refractivity contribution is 0.594. The van der Waals surface area contributed by atoms with Crippen molar-refractivity contribution in [1.82, 2.24) is 9.97 Å². The number of hydrogen-bond donors (Lipinski definition) is 0. The van der Waals surface area contributed by atoms with Crippen molar-refractivity contribution in [1.29, 1.82) is 0 Å². The van der Waals surface area contributed by atoms with E-state index in [1.54, 1.807) is 0 Å². The Balaban J connectivity index is 1.57. The highest BCUT2D eigenvalue weighted by atomic mass is 32.1.